The molecule has 0 radical (unpaired) electrons. The number of hydrogen-bond donors (Lipinski definition) is 0. The normalized spacial score (nSPS) is 27.0. The first-order valence-corrected chi connectivity index (χ1v) is 10.1. The zero-order chi connectivity index (χ0) is 16.9. The van der Waals surface area contributed by atoms with E-state index in [1.165, 1.54) is 63.9 Å². The molecule has 134 valence electrons. The average Bonchev–Trinajstić information content (AvgIpc) is 2.62. The SMILES string of the molecule is CCCCC1CCC(CCC2CCc3c(ccc(F)c3F)C2)CC1. The summed E-state index contributed by atoms with van der Waals surface area (Å²) >= 11 is 0. The molecule has 2 aliphatic rings. The topological polar surface area (TPSA) is 0 Å². The average molecular weight is 334 g/mol. The van der Waals surface area contributed by atoms with Gasteiger partial charge in [0.2, 0.25) is 0 Å². The summed E-state index contributed by atoms with van der Waals surface area (Å²) in [5.74, 6) is 1.28. The lowest BCUT2D eigenvalue weighted by Gasteiger charge is -2.31. The molecule has 0 heterocycles. The van der Waals surface area contributed by atoms with Crippen LogP contribution in [0.1, 0.15) is 82.3 Å². The van der Waals surface area contributed by atoms with Crippen LogP contribution < -0.4 is 0 Å². The van der Waals surface area contributed by atoms with Gasteiger partial charge in [-0.2, -0.15) is 0 Å². The Labute approximate surface area is 146 Å². The molecule has 1 saturated carbocycles. The molecule has 1 atom stereocenters. The largest absolute Gasteiger partial charge is 0.204 e. The van der Waals surface area contributed by atoms with Crippen molar-refractivity contribution in [1.29, 1.82) is 0 Å². The molecular weight excluding hydrogens is 302 g/mol. The third kappa shape index (κ3) is 4.37. The lowest BCUT2D eigenvalue weighted by Crippen LogP contribution is -2.19. The number of unbranched alkanes of at least 4 members (excludes halogenated alkanes) is 1. The van der Waals surface area contributed by atoms with Gasteiger partial charge in [-0.15, -0.1) is 0 Å². The second kappa shape index (κ2) is 8.45. The van der Waals surface area contributed by atoms with Crippen LogP contribution in [-0.4, -0.2) is 0 Å². The van der Waals surface area contributed by atoms with Crippen LogP contribution in [0.3, 0.4) is 0 Å². The van der Waals surface area contributed by atoms with Crippen molar-refractivity contribution in [3.8, 4) is 0 Å². The molecule has 0 aliphatic heterocycles. The van der Waals surface area contributed by atoms with Gasteiger partial charge >= 0.3 is 0 Å². The van der Waals surface area contributed by atoms with Crippen molar-refractivity contribution < 1.29 is 8.78 Å². The van der Waals surface area contributed by atoms with E-state index in [2.05, 4.69) is 6.92 Å². The van der Waals surface area contributed by atoms with Crippen molar-refractivity contribution in [3.05, 3.63) is 34.9 Å². The van der Waals surface area contributed by atoms with Crippen molar-refractivity contribution in [3.63, 3.8) is 0 Å². The number of halogens is 2. The minimum atomic E-state index is -0.688. The molecule has 0 saturated heterocycles. The van der Waals surface area contributed by atoms with E-state index in [9.17, 15) is 8.78 Å². The molecule has 3 rings (SSSR count). The van der Waals surface area contributed by atoms with Gasteiger partial charge in [0.15, 0.2) is 11.6 Å². The molecule has 0 aromatic heterocycles. The van der Waals surface area contributed by atoms with Crippen molar-refractivity contribution in [2.45, 2.75) is 84.0 Å². The fourth-order valence-corrected chi connectivity index (χ4v) is 4.88. The van der Waals surface area contributed by atoms with Crippen LogP contribution in [0.4, 0.5) is 8.78 Å². The van der Waals surface area contributed by atoms with E-state index in [0.717, 1.165) is 30.2 Å². The smallest absolute Gasteiger partial charge is 0.162 e. The molecule has 2 aliphatic carbocycles. The van der Waals surface area contributed by atoms with Gasteiger partial charge in [0.05, 0.1) is 0 Å². The first-order chi connectivity index (χ1) is 11.7. The Morgan fingerprint density at radius 1 is 0.875 bits per heavy atom. The van der Waals surface area contributed by atoms with Crippen molar-refractivity contribution in [2.24, 2.45) is 17.8 Å². The molecule has 1 unspecified atom stereocenters. The van der Waals surface area contributed by atoms with Crippen LogP contribution >= 0.6 is 0 Å². The Morgan fingerprint density at radius 3 is 2.25 bits per heavy atom. The van der Waals surface area contributed by atoms with Gasteiger partial charge in [0, 0.05) is 0 Å². The van der Waals surface area contributed by atoms with E-state index in [4.69, 9.17) is 0 Å². The summed E-state index contributed by atoms with van der Waals surface area (Å²) < 4.78 is 27.2. The van der Waals surface area contributed by atoms with Crippen molar-refractivity contribution >= 4 is 0 Å². The molecule has 0 amide bonds. The van der Waals surface area contributed by atoms with Crippen LogP contribution in [-0.2, 0) is 12.8 Å². The highest BCUT2D eigenvalue weighted by Gasteiger charge is 2.25. The highest BCUT2D eigenvalue weighted by atomic mass is 19.2. The number of benzene rings is 1. The third-order valence-electron chi connectivity index (χ3n) is 6.52. The monoisotopic (exact) mass is 334 g/mol. The van der Waals surface area contributed by atoms with Crippen molar-refractivity contribution in [2.75, 3.05) is 0 Å². The molecule has 2 heteroatoms. The predicted molar refractivity (Wildman–Crippen MR) is 96.1 cm³/mol. The molecule has 0 bridgehead atoms. The summed E-state index contributed by atoms with van der Waals surface area (Å²) in [7, 11) is 0. The maximum atomic E-state index is 13.8. The van der Waals surface area contributed by atoms with Gasteiger partial charge in [-0.25, -0.2) is 8.78 Å². The van der Waals surface area contributed by atoms with Gasteiger partial charge in [0.1, 0.15) is 0 Å². The molecule has 1 fully saturated rings. The second-order valence-electron chi connectivity index (χ2n) is 8.21. The highest BCUT2D eigenvalue weighted by Crippen LogP contribution is 2.37. The molecular formula is C22H32F2. The van der Waals surface area contributed by atoms with Crippen LogP contribution in [0, 0.1) is 29.4 Å². The molecule has 0 spiro atoms. The first-order valence-electron chi connectivity index (χ1n) is 10.1. The fraction of sp³-hybridized carbons (Fsp3) is 0.727. The van der Waals surface area contributed by atoms with E-state index < -0.39 is 11.6 Å². The summed E-state index contributed by atoms with van der Waals surface area (Å²) in [4.78, 5) is 0. The zero-order valence-electron chi connectivity index (χ0n) is 15.1. The fourth-order valence-electron chi connectivity index (χ4n) is 4.88. The van der Waals surface area contributed by atoms with E-state index >= 15 is 0 Å². The van der Waals surface area contributed by atoms with Gasteiger partial charge in [-0.05, 0) is 60.6 Å². The number of fused-ring (bicyclic) bond motifs is 1. The molecule has 1 aromatic rings. The van der Waals surface area contributed by atoms with Gasteiger partial charge < -0.3 is 0 Å². The first kappa shape index (κ1) is 17.9. The minimum Gasteiger partial charge on any atom is -0.204 e. The Kier molecular flexibility index (Phi) is 6.30. The molecule has 24 heavy (non-hydrogen) atoms. The van der Waals surface area contributed by atoms with Crippen LogP contribution in [0.5, 0.6) is 0 Å². The zero-order valence-corrected chi connectivity index (χ0v) is 15.1. The third-order valence-corrected chi connectivity index (χ3v) is 6.52. The molecule has 0 N–H and O–H groups in total. The Morgan fingerprint density at radius 2 is 1.54 bits per heavy atom. The van der Waals surface area contributed by atoms with Crippen molar-refractivity contribution in [1.82, 2.24) is 0 Å². The standard InChI is InChI=1S/C22H32F2/c1-2-3-4-16-5-7-17(8-6-16)9-10-18-11-13-20-19(15-18)12-14-21(23)22(20)24/h12,14,16-18H,2-11,13,15H2,1H3. The Bertz CT molecular complexity index is 529. The molecule has 1 aromatic carbocycles. The number of rotatable bonds is 6. The van der Waals surface area contributed by atoms with Crippen LogP contribution in [0.25, 0.3) is 0 Å². The summed E-state index contributed by atoms with van der Waals surface area (Å²) in [6, 6.07) is 3.10. The maximum Gasteiger partial charge on any atom is 0.162 e. The quantitative estimate of drug-likeness (QED) is 0.534. The number of hydrogen-bond acceptors (Lipinski definition) is 0. The van der Waals surface area contributed by atoms with E-state index in [1.807, 2.05) is 0 Å². The summed E-state index contributed by atoms with van der Waals surface area (Å²) in [6.07, 6.45) is 15.1. The summed E-state index contributed by atoms with van der Waals surface area (Å²) in [5, 5.41) is 0. The Hall–Kier alpha value is -0.920. The lowest BCUT2D eigenvalue weighted by molar-refractivity contribution is 0.234. The Balaban J connectivity index is 1.43. The van der Waals surface area contributed by atoms with Gasteiger partial charge in [0.25, 0.3) is 0 Å². The predicted octanol–water partition coefficient (Wildman–Crippen LogP) is 6.85. The summed E-state index contributed by atoms with van der Waals surface area (Å²) in [6.45, 7) is 2.29. The van der Waals surface area contributed by atoms with Crippen LogP contribution in [0.2, 0.25) is 0 Å². The highest BCUT2D eigenvalue weighted by molar-refractivity contribution is 5.32. The molecule has 0 nitrogen and oxygen atoms in total. The van der Waals surface area contributed by atoms with E-state index in [0.29, 0.717) is 17.9 Å². The minimum absolute atomic E-state index is 0.601. The van der Waals surface area contributed by atoms with E-state index in [1.54, 1.807) is 6.07 Å². The van der Waals surface area contributed by atoms with E-state index in [-0.39, 0.29) is 0 Å². The van der Waals surface area contributed by atoms with Crippen LogP contribution in [0.15, 0.2) is 12.1 Å². The summed E-state index contributed by atoms with van der Waals surface area (Å²) in [5.41, 5.74) is 1.69. The lowest BCUT2D eigenvalue weighted by atomic mass is 9.75. The van der Waals surface area contributed by atoms with Gasteiger partial charge in [-0.1, -0.05) is 64.4 Å². The second-order valence-corrected chi connectivity index (χ2v) is 8.21. The maximum absolute atomic E-state index is 13.8. The van der Waals surface area contributed by atoms with Gasteiger partial charge in [-0.3, -0.25) is 0 Å².